The quantitative estimate of drug-likeness (QED) is 0.627. The Bertz CT molecular complexity index is 266. The standard InChI is InChI=1S/C14H27NO4/c1-3-14(13(16)17,15-4-2)8-5-9-19-12-6-10-18-11-7-12/h12,15H,3-11H2,1-2H3,(H,16,17). The summed E-state index contributed by atoms with van der Waals surface area (Å²) in [5.41, 5.74) is -0.798. The molecule has 1 unspecified atom stereocenters. The fourth-order valence-corrected chi connectivity index (χ4v) is 2.53. The van der Waals surface area contributed by atoms with Gasteiger partial charge in [-0.1, -0.05) is 13.8 Å². The summed E-state index contributed by atoms with van der Waals surface area (Å²) in [4.78, 5) is 11.4. The second-order valence-corrected chi connectivity index (χ2v) is 5.06. The zero-order chi connectivity index (χ0) is 14.1. The summed E-state index contributed by atoms with van der Waals surface area (Å²) in [6.45, 7) is 6.69. The molecule has 0 aliphatic carbocycles. The molecule has 2 N–H and O–H groups in total. The van der Waals surface area contributed by atoms with Crippen molar-refractivity contribution in [2.45, 2.75) is 57.6 Å². The van der Waals surface area contributed by atoms with Gasteiger partial charge in [-0.15, -0.1) is 0 Å². The first-order valence-electron chi connectivity index (χ1n) is 7.32. The average molecular weight is 273 g/mol. The molecule has 1 aliphatic rings. The number of aliphatic carboxylic acids is 1. The lowest BCUT2D eigenvalue weighted by Gasteiger charge is -2.29. The number of ether oxygens (including phenoxy) is 2. The molecule has 1 fully saturated rings. The van der Waals surface area contributed by atoms with Crippen LogP contribution in [0.2, 0.25) is 0 Å². The van der Waals surface area contributed by atoms with Crippen molar-refractivity contribution in [3.63, 3.8) is 0 Å². The van der Waals surface area contributed by atoms with Gasteiger partial charge in [-0.3, -0.25) is 4.79 Å². The van der Waals surface area contributed by atoms with Crippen LogP contribution in [0.15, 0.2) is 0 Å². The van der Waals surface area contributed by atoms with Crippen molar-refractivity contribution in [2.75, 3.05) is 26.4 Å². The van der Waals surface area contributed by atoms with Crippen LogP contribution < -0.4 is 5.32 Å². The zero-order valence-electron chi connectivity index (χ0n) is 12.1. The van der Waals surface area contributed by atoms with E-state index in [0.29, 0.717) is 26.0 Å². The van der Waals surface area contributed by atoms with Crippen LogP contribution in [0.5, 0.6) is 0 Å². The molecule has 5 heteroatoms. The average Bonchev–Trinajstić information content (AvgIpc) is 2.43. The van der Waals surface area contributed by atoms with Gasteiger partial charge in [-0.05, 0) is 38.6 Å². The molecule has 19 heavy (non-hydrogen) atoms. The Balaban J connectivity index is 2.29. The highest BCUT2D eigenvalue weighted by Crippen LogP contribution is 2.19. The number of rotatable bonds is 9. The number of hydrogen-bond acceptors (Lipinski definition) is 4. The summed E-state index contributed by atoms with van der Waals surface area (Å²) < 4.78 is 11.1. The third-order valence-corrected chi connectivity index (χ3v) is 3.80. The molecule has 0 radical (unpaired) electrons. The lowest BCUT2D eigenvalue weighted by atomic mass is 9.90. The molecule has 0 saturated carbocycles. The van der Waals surface area contributed by atoms with E-state index in [0.717, 1.165) is 32.5 Å². The van der Waals surface area contributed by atoms with Gasteiger partial charge >= 0.3 is 5.97 Å². The predicted octanol–water partition coefficient (Wildman–Crippen LogP) is 1.81. The smallest absolute Gasteiger partial charge is 0.323 e. The highest BCUT2D eigenvalue weighted by atomic mass is 16.5. The minimum absolute atomic E-state index is 0.286. The van der Waals surface area contributed by atoms with Crippen LogP contribution >= 0.6 is 0 Å². The summed E-state index contributed by atoms with van der Waals surface area (Å²) in [5.74, 6) is -0.761. The first kappa shape index (κ1) is 16.4. The van der Waals surface area contributed by atoms with E-state index < -0.39 is 11.5 Å². The maximum absolute atomic E-state index is 11.4. The van der Waals surface area contributed by atoms with Gasteiger partial charge in [0.1, 0.15) is 5.54 Å². The Morgan fingerprint density at radius 3 is 2.63 bits per heavy atom. The van der Waals surface area contributed by atoms with Crippen molar-refractivity contribution < 1.29 is 19.4 Å². The highest BCUT2D eigenvalue weighted by molar-refractivity contribution is 5.78. The summed E-state index contributed by atoms with van der Waals surface area (Å²) >= 11 is 0. The van der Waals surface area contributed by atoms with Crippen molar-refractivity contribution in [3.05, 3.63) is 0 Å². The monoisotopic (exact) mass is 273 g/mol. The van der Waals surface area contributed by atoms with Crippen molar-refractivity contribution in [2.24, 2.45) is 0 Å². The Morgan fingerprint density at radius 2 is 2.11 bits per heavy atom. The third kappa shape index (κ3) is 5.09. The fourth-order valence-electron chi connectivity index (χ4n) is 2.53. The van der Waals surface area contributed by atoms with Crippen molar-refractivity contribution >= 4 is 5.97 Å². The Labute approximate surface area is 115 Å². The number of carbonyl (C=O) groups is 1. The minimum Gasteiger partial charge on any atom is -0.480 e. The van der Waals surface area contributed by atoms with E-state index in [4.69, 9.17) is 9.47 Å². The lowest BCUT2D eigenvalue weighted by molar-refractivity contribution is -0.145. The van der Waals surface area contributed by atoms with Crippen molar-refractivity contribution in [1.29, 1.82) is 0 Å². The number of hydrogen-bond donors (Lipinski definition) is 2. The van der Waals surface area contributed by atoms with Crippen molar-refractivity contribution in [1.82, 2.24) is 5.32 Å². The predicted molar refractivity (Wildman–Crippen MR) is 73.4 cm³/mol. The van der Waals surface area contributed by atoms with E-state index in [-0.39, 0.29) is 6.10 Å². The molecule has 0 amide bonds. The number of carboxylic acid groups (broad SMARTS) is 1. The number of carboxylic acids is 1. The lowest BCUT2D eigenvalue weighted by Crippen LogP contribution is -2.51. The third-order valence-electron chi connectivity index (χ3n) is 3.80. The molecule has 1 saturated heterocycles. The van der Waals surface area contributed by atoms with E-state index in [2.05, 4.69) is 5.32 Å². The summed E-state index contributed by atoms with van der Waals surface area (Å²) in [6, 6.07) is 0. The van der Waals surface area contributed by atoms with Crippen LogP contribution in [0.4, 0.5) is 0 Å². The van der Waals surface area contributed by atoms with Crippen LogP contribution in [0.3, 0.4) is 0 Å². The van der Waals surface area contributed by atoms with E-state index in [9.17, 15) is 9.90 Å². The molecule has 1 heterocycles. The van der Waals surface area contributed by atoms with Gasteiger partial charge in [0.05, 0.1) is 6.10 Å². The zero-order valence-corrected chi connectivity index (χ0v) is 12.1. The van der Waals surface area contributed by atoms with Crippen LogP contribution in [0.1, 0.15) is 46.0 Å². The Hall–Kier alpha value is -0.650. The summed E-state index contributed by atoms with van der Waals surface area (Å²) in [5, 5.41) is 12.5. The van der Waals surface area contributed by atoms with Gasteiger partial charge in [0, 0.05) is 19.8 Å². The van der Waals surface area contributed by atoms with E-state index in [1.54, 1.807) is 0 Å². The SMILES string of the molecule is CCNC(CC)(CCCOC1CCOCC1)C(=O)O. The minimum atomic E-state index is -0.798. The summed E-state index contributed by atoms with van der Waals surface area (Å²) in [7, 11) is 0. The molecule has 1 atom stereocenters. The Morgan fingerprint density at radius 1 is 1.42 bits per heavy atom. The second kappa shape index (κ2) is 8.51. The van der Waals surface area contributed by atoms with Gasteiger partial charge in [0.15, 0.2) is 0 Å². The van der Waals surface area contributed by atoms with Crippen molar-refractivity contribution in [3.8, 4) is 0 Å². The number of nitrogens with one attached hydrogen (secondary N) is 1. The molecule has 0 aromatic carbocycles. The van der Waals surface area contributed by atoms with Gasteiger partial charge in [0.25, 0.3) is 0 Å². The largest absolute Gasteiger partial charge is 0.480 e. The molecule has 5 nitrogen and oxygen atoms in total. The van der Waals surface area contributed by atoms with Crippen LogP contribution in [0, 0.1) is 0 Å². The second-order valence-electron chi connectivity index (χ2n) is 5.06. The molecule has 0 bridgehead atoms. The first-order chi connectivity index (χ1) is 9.14. The van der Waals surface area contributed by atoms with Gasteiger partial charge in [0.2, 0.25) is 0 Å². The summed E-state index contributed by atoms with van der Waals surface area (Å²) in [6.07, 6.45) is 4.15. The maximum atomic E-state index is 11.4. The molecule has 1 rings (SSSR count). The molecule has 112 valence electrons. The Kier molecular flexibility index (Phi) is 7.34. The van der Waals surface area contributed by atoms with Gasteiger partial charge < -0.3 is 19.9 Å². The van der Waals surface area contributed by atoms with Gasteiger partial charge in [-0.2, -0.15) is 0 Å². The van der Waals surface area contributed by atoms with E-state index in [1.165, 1.54) is 0 Å². The van der Waals surface area contributed by atoms with Crippen LogP contribution in [-0.2, 0) is 14.3 Å². The molecular formula is C14H27NO4. The number of likely N-dealkylation sites (N-methyl/N-ethyl adjacent to an activating group) is 1. The van der Waals surface area contributed by atoms with E-state index in [1.807, 2.05) is 13.8 Å². The maximum Gasteiger partial charge on any atom is 0.323 e. The first-order valence-corrected chi connectivity index (χ1v) is 7.32. The highest BCUT2D eigenvalue weighted by Gasteiger charge is 2.34. The van der Waals surface area contributed by atoms with Crippen LogP contribution in [0.25, 0.3) is 0 Å². The molecule has 1 aliphatic heterocycles. The molecular weight excluding hydrogens is 246 g/mol. The molecule has 0 aromatic rings. The van der Waals surface area contributed by atoms with Crippen LogP contribution in [-0.4, -0.2) is 49.1 Å². The topological polar surface area (TPSA) is 67.8 Å². The van der Waals surface area contributed by atoms with E-state index >= 15 is 0 Å². The fraction of sp³-hybridized carbons (Fsp3) is 0.929. The molecule has 0 aromatic heterocycles. The normalized spacial score (nSPS) is 20.1. The van der Waals surface area contributed by atoms with Gasteiger partial charge in [-0.25, -0.2) is 0 Å². The molecule has 0 spiro atoms.